The number of piperazine rings is 1. The molecule has 0 aromatic heterocycles. The van der Waals surface area contributed by atoms with Crippen LogP contribution >= 0.6 is 0 Å². The number of amides is 1. The predicted molar refractivity (Wildman–Crippen MR) is 70.8 cm³/mol. The smallest absolute Gasteiger partial charge is 0.272 e. The molecular weight excluding hydrogens is 246 g/mol. The van der Waals surface area contributed by atoms with Crippen LogP contribution in [0.2, 0.25) is 0 Å². The third-order valence-corrected chi connectivity index (χ3v) is 3.66. The summed E-state index contributed by atoms with van der Waals surface area (Å²) in [6.07, 6.45) is 0.829. The molecule has 6 heteroatoms. The average Bonchev–Trinajstić information content (AvgIpc) is 2.38. The minimum Gasteiger partial charge on any atom is -0.336 e. The summed E-state index contributed by atoms with van der Waals surface area (Å²) in [5.74, 6) is 0. The van der Waals surface area contributed by atoms with Gasteiger partial charge in [0.15, 0.2) is 0 Å². The van der Waals surface area contributed by atoms with Crippen LogP contribution in [-0.2, 0) is 4.79 Å². The van der Waals surface area contributed by atoms with Crippen molar-refractivity contribution in [3.63, 3.8) is 0 Å². The lowest BCUT2D eigenvalue weighted by molar-refractivity contribution is -0.385. The molecule has 0 N–H and O–H groups in total. The summed E-state index contributed by atoms with van der Waals surface area (Å²) >= 11 is 0. The topological polar surface area (TPSA) is 66.7 Å². The zero-order chi connectivity index (χ0) is 14.0. The quantitative estimate of drug-likeness (QED) is 0.469. The second kappa shape index (κ2) is 5.36. The van der Waals surface area contributed by atoms with Crippen LogP contribution in [0.15, 0.2) is 18.2 Å². The Balaban J connectivity index is 2.41. The molecule has 0 spiro atoms. The summed E-state index contributed by atoms with van der Waals surface area (Å²) in [5, 5.41) is 11.0. The number of nitro groups is 1. The van der Waals surface area contributed by atoms with Gasteiger partial charge in [-0.25, -0.2) is 0 Å². The fourth-order valence-electron chi connectivity index (χ4n) is 2.54. The molecule has 0 aliphatic carbocycles. The van der Waals surface area contributed by atoms with E-state index in [2.05, 4.69) is 4.90 Å². The first-order valence-corrected chi connectivity index (χ1v) is 6.18. The normalized spacial score (nSPS) is 20.3. The lowest BCUT2D eigenvalue weighted by Crippen LogP contribution is -2.46. The molecule has 1 saturated heterocycles. The van der Waals surface area contributed by atoms with Gasteiger partial charge in [0.05, 0.1) is 11.0 Å². The van der Waals surface area contributed by atoms with Crippen LogP contribution in [0, 0.1) is 17.0 Å². The van der Waals surface area contributed by atoms with Crippen molar-refractivity contribution >= 4 is 12.1 Å². The fraction of sp³-hybridized carbons (Fsp3) is 0.462. The molecular formula is C13H17N3O3. The van der Waals surface area contributed by atoms with Gasteiger partial charge < -0.3 is 9.80 Å². The van der Waals surface area contributed by atoms with Gasteiger partial charge in [0.25, 0.3) is 5.69 Å². The number of carbonyl (C=O) groups is 1. The van der Waals surface area contributed by atoms with Crippen molar-refractivity contribution in [1.82, 2.24) is 9.80 Å². The Labute approximate surface area is 111 Å². The van der Waals surface area contributed by atoms with E-state index in [9.17, 15) is 14.9 Å². The highest BCUT2D eigenvalue weighted by atomic mass is 16.6. The van der Waals surface area contributed by atoms with Crippen molar-refractivity contribution in [3.8, 4) is 0 Å². The zero-order valence-corrected chi connectivity index (χ0v) is 11.1. The number of hydrogen-bond donors (Lipinski definition) is 0. The Kier molecular flexibility index (Phi) is 3.80. The Bertz CT molecular complexity index is 504. The van der Waals surface area contributed by atoms with E-state index >= 15 is 0 Å². The molecule has 0 saturated carbocycles. The van der Waals surface area contributed by atoms with Gasteiger partial charge in [0.1, 0.15) is 0 Å². The maximum Gasteiger partial charge on any atom is 0.272 e. The first-order chi connectivity index (χ1) is 9.04. The lowest BCUT2D eigenvalue weighted by atomic mass is 9.97. The highest BCUT2D eigenvalue weighted by Gasteiger charge is 2.28. The first kappa shape index (κ1) is 13.5. The molecule has 1 aliphatic heterocycles. The van der Waals surface area contributed by atoms with E-state index in [1.165, 1.54) is 6.07 Å². The Hall–Kier alpha value is -1.95. The van der Waals surface area contributed by atoms with Crippen LogP contribution in [0.5, 0.6) is 0 Å². The number of hydrogen-bond acceptors (Lipinski definition) is 4. The molecule has 102 valence electrons. The van der Waals surface area contributed by atoms with E-state index in [1.54, 1.807) is 17.9 Å². The molecule has 1 amide bonds. The van der Waals surface area contributed by atoms with E-state index in [4.69, 9.17) is 0 Å². The first-order valence-electron chi connectivity index (χ1n) is 6.18. The van der Waals surface area contributed by atoms with Crippen LogP contribution < -0.4 is 0 Å². The summed E-state index contributed by atoms with van der Waals surface area (Å²) in [7, 11) is 1.99. The van der Waals surface area contributed by atoms with Crippen molar-refractivity contribution in [2.75, 3.05) is 26.7 Å². The van der Waals surface area contributed by atoms with Crippen molar-refractivity contribution in [1.29, 1.82) is 0 Å². The van der Waals surface area contributed by atoms with Gasteiger partial charge in [-0.15, -0.1) is 0 Å². The third-order valence-electron chi connectivity index (χ3n) is 3.66. The van der Waals surface area contributed by atoms with Gasteiger partial charge in [0.2, 0.25) is 6.41 Å². The molecule has 0 bridgehead atoms. The molecule has 1 atom stereocenters. The molecule has 1 fully saturated rings. The van der Waals surface area contributed by atoms with Gasteiger partial charge in [0, 0.05) is 31.3 Å². The molecule has 1 unspecified atom stereocenters. The van der Waals surface area contributed by atoms with Crippen molar-refractivity contribution in [2.24, 2.45) is 0 Å². The minimum absolute atomic E-state index is 0.108. The lowest BCUT2D eigenvalue weighted by Gasteiger charge is -2.38. The monoisotopic (exact) mass is 263 g/mol. The maximum absolute atomic E-state index is 11.2. The highest BCUT2D eigenvalue weighted by molar-refractivity contribution is 5.52. The number of rotatable bonds is 3. The Morgan fingerprint density at radius 3 is 2.79 bits per heavy atom. The van der Waals surface area contributed by atoms with E-state index in [1.807, 2.05) is 13.1 Å². The van der Waals surface area contributed by atoms with E-state index in [0.717, 1.165) is 18.5 Å². The standard InChI is InChI=1S/C13H17N3O3/c1-10-11(4-3-5-12(10)16(18)19)13-8-14(2)6-7-15(13)9-17/h3-5,9,13H,6-8H2,1-2H3. The molecule has 0 radical (unpaired) electrons. The summed E-state index contributed by atoms with van der Waals surface area (Å²) in [4.78, 5) is 25.6. The summed E-state index contributed by atoms with van der Waals surface area (Å²) < 4.78 is 0. The fourth-order valence-corrected chi connectivity index (χ4v) is 2.54. The van der Waals surface area contributed by atoms with Gasteiger partial charge in [-0.3, -0.25) is 14.9 Å². The van der Waals surface area contributed by atoms with Crippen LogP contribution in [0.25, 0.3) is 0 Å². The number of benzene rings is 1. The molecule has 1 heterocycles. The van der Waals surface area contributed by atoms with E-state index < -0.39 is 0 Å². The number of nitro benzene ring substituents is 1. The van der Waals surface area contributed by atoms with Gasteiger partial charge in [-0.1, -0.05) is 12.1 Å². The molecule has 1 aromatic carbocycles. The maximum atomic E-state index is 11.2. The second-order valence-electron chi connectivity index (χ2n) is 4.87. The third kappa shape index (κ3) is 2.58. The SMILES string of the molecule is Cc1c(C2CN(C)CCN2C=O)cccc1[N+](=O)[O-]. The van der Waals surface area contributed by atoms with Gasteiger partial charge in [-0.2, -0.15) is 0 Å². The molecule has 1 aliphatic rings. The van der Waals surface area contributed by atoms with E-state index in [-0.39, 0.29) is 16.7 Å². The Morgan fingerprint density at radius 1 is 1.42 bits per heavy atom. The number of carbonyl (C=O) groups excluding carboxylic acids is 1. The zero-order valence-electron chi connectivity index (χ0n) is 11.1. The van der Waals surface area contributed by atoms with Gasteiger partial charge in [-0.05, 0) is 19.5 Å². The van der Waals surface area contributed by atoms with Crippen LogP contribution in [0.1, 0.15) is 17.2 Å². The van der Waals surface area contributed by atoms with E-state index in [0.29, 0.717) is 18.7 Å². The van der Waals surface area contributed by atoms with Crippen molar-refractivity contribution < 1.29 is 9.72 Å². The molecule has 19 heavy (non-hydrogen) atoms. The van der Waals surface area contributed by atoms with Crippen LogP contribution in [0.4, 0.5) is 5.69 Å². The molecule has 1 aromatic rings. The number of likely N-dealkylation sites (N-methyl/N-ethyl adjacent to an activating group) is 1. The molecule has 2 rings (SSSR count). The number of nitrogens with zero attached hydrogens (tertiary/aromatic N) is 3. The summed E-state index contributed by atoms with van der Waals surface area (Å²) in [6.45, 7) is 3.90. The minimum atomic E-state index is -0.378. The largest absolute Gasteiger partial charge is 0.336 e. The van der Waals surface area contributed by atoms with Crippen molar-refractivity contribution in [2.45, 2.75) is 13.0 Å². The van der Waals surface area contributed by atoms with Crippen LogP contribution in [0.3, 0.4) is 0 Å². The summed E-state index contributed by atoms with van der Waals surface area (Å²) in [5.41, 5.74) is 1.60. The Morgan fingerprint density at radius 2 is 2.16 bits per heavy atom. The summed E-state index contributed by atoms with van der Waals surface area (Å²) in [6, 6.07) is 4.92. The average molecular weight is 263 g/mol. The van der Waals surface area contributed by atoms with Crippen LogP contribution in [-0.4, -0.2) is 47.8 Å². The van der Waals surface area contributed by atoms with Crippen molar-refractivity contribution in [3.05, 3.63) is 39.4 Å². The predicted octanol–water partition coefficient (Wildman–Crippen LogP) is 1.35. The second-order valence-corrected chi connectivity index (χ2v) is 4.87. The van der Waals surface area contributed by atoms with Gasteiger partial charge >= 0.3 is 0 Å². The highest BCUT2D eigenvalue weighted by Crippen LogP contribution is 2.30. The molecule has 6 nitrogen and oxygen atoms in total.